The zero-order chi connectivity index (χ0) is 13.3. The Morgan fingerprint density at radius 1 is 1.33 bits per heavy atom. The van der Waals surface area contributed by atoms with E-state index in [0.717, 1.165) is 18.7 Å². The Balaban J connectivity index is 2.26. The Hall–Kier alpha value is -1.40. The number of likely N-dealkylation sites (tertiary alicyclic amines) is 1. The number of hydrogen-bond acceptors (Lipinski definition) is 2. The fourth-order valence-corrected chi connectivity index (χ4v) is 2.56. The summed E-state index contributed by atoms with van der Waals surface area (Å²) in [5.74, 6) is -0.158. The summed E-state index contributed by atoms with van der Waals surface area (Å²) in [6.45, 7) is 8.03. The van der Waals surface area contributed by atoms with E-state index in [4.69, 9.17) is 0 Å². The highest BCUT2D eigenvalue weighted by atomic mass is 19.1. The summed E-state index contributed by atoms with van der Waals surface area (Å²) >= 11 is 0. The molecule has 0 N–H and O–H groups in total. The summed E-state index contributed by atoms with van der Waals surface area (Å²) in [5, 5.41) is 9.28. The number of hydrogen-bond donors (Lipinski definition) is 0. The molecule has 0 saturated carbocycles. The van der Waals surface area contributed by atoms with Gasteiger partial charge in [-0.25, -0.2) is 4.39 Å². The topological polar surface area (TPSA) is 27.0 Å². The maximum absolute atomic E-state index is 13.3. The SMILES string of the molecule is CC(C)(C)N1C[C@H](c2cccc(F)c2)[C@@H](C#N)C1. The van der Waals surface area contributed by atoms with Crippen molar-refractivity contribution in [2.75, 3.05) is 13.1 Å². The Bertz CT molecular complexity index is 470. The van der Waals surface area contributed by atoms with Gasteiger partial charge in [0, 0.05) is 24.5 Å². The van der Waals surface area contributed by atoms with Crippen molar-refractivity contribution in [2.45, 2.75) is 32.2 Å². The van der Waals surface area contributed by atoms with E-state index in [9.17, 15) is 9.65 Å². The molecular formula is C15H19FN2. The predicted molar refractivity (Wildman–Crippen MR) is 69.6 cm³/mol. The molecule has 1 saturated heterocycles. The molecule has 0 spiro atoms. The normalized spacial score (nSPS) is 25.1. The van der Waals surface area contributed by atoms with Crippen molar-refractivity contribution >= 4 is 0 Å². The molecule has 0 aromatic heterocycles. The fourth-order valence-electron chi connectivity index (χ4n) is 2.56. The third kappa shape index (κ3) is 2.54. The van der Waals surface area contributed by atoms with Crippen LogP contribution >= 0.6 is 0 Å². The quantitative estimate of drug-likeness (QED) is 0.761. The lowest BCUT2D eigenvalue weighted by Crippen LogP contribution is -2.39. The third-order valence-electron chi connectivity index (χ3n) is 3.71. The molecule has 0 bridgehead atoms. The molecule has 0 radical (unpaired) electrons. The van der Waals surface area contributed by atoms with Gasteiger partial charge in [0.25, 0.3) is 0 Å². The monoisotopic (exact) mass is 246 g/mol. The standard InChI is InChI=1S/C15H19FN2/c1-15(2,3)18-9-12(8-17)14(10-18)11-5-4-6-13(16)7-11/h4-7,12,14H,9-10H2,1-3H3/t12-,14+/m0/s1. The second-order valence-corrected chi connectivity index (χ2v) is 5.97. The van der Waals surface area contributed by atoms with Crippen LogP contribution in [0.5, 0.6) is 0 Å². The first kappa shape index (κ1) is 13.0. The van der Waals surface area contributed by atoms with Gasteiger partial charge in [0.2, 0.25) is 0 Å². The van der Waals surface area contributed by atoms with E-state index in [1.54, 1.807) is 12.1 Å². The van der Waals surface area contributed by atoms with Crippen LogP contribution < -0.4 is 0 Å². The minimum Gasteiger partial charge on any atom is -0.297 e. The summed E-state index contributed by atoms with van der Waals surface area (Å²) < 4.78 is 13.3. The van der Waals surface area contributed by atoms with Crippen molar-refractivity contribution in [3.05, 3.63) is 35.6 Å². The molecule has 1 aliphatic rings. The summed E-state index contributed by atoms with van der Waals surface area (Å²) in [6.07, 6.45) is 0. The van der Waals surface area contributed by atoms with E-state index in [-0.39, 0.29) is 23.2 Å². The van der Waals surface area contributed by atoms with Crippen LogP contribution in [0.2, 0.25) is 0 Å². The van der Waals surface area contributed by atoms with Crippen LogP contribution in [0.4, 0.5) is 4.39 Å². The largest absolute Gasteiger partial charge is 0.297 e. The third-order valence-corrected chi connectivity index (χ3v) is 3.71. The van der Waals surface area contributed by atoms with Gasteiger partial charge in [0.15, 0.2) is 0 Å². The summed E-state index contributed by atoms with van der Waals surface area (Å²) in [4.78, 5) is 2.30. The number of nitrogens with zero attached hydrogens (tertiary/aromatic N) is 2. The molecule has 1 aliphatic heterocycles. The number of nitriles is 1. The van der Waals surface area contributed by atoms with Gasteiger partial charge >= 0.3 is 0 Å². The minimum absolute atomic E-state index is 0.0500. The molecule has 3 heteroatoms. The molecule has 0 aliphatic carbocycles. The Kier molecular flexibility index (Phi) is 3.41. The lowest BCUT2D eigenvalue weighted by molar-refractivity contribution is 0.170. The first-order valence-corrected chi connectivity index (χ1v) is 6.32. The fraction of sp³-hybridized carbons (Fsp3) is 0.533. The van der Waals surface area contributed by atoms with Crippen molar-refractivity contribution in [3.63, 3.8) is 0 Å². The first-order valence-electron chi connectivity index (χ1n) is 6.32. The molecule has 2 rings (SSSR count). The van der Waals surface area contributed by atoms with Crippen molar-refractivity contribution in [1.82, 2.24) is 4.90 Å². The predicted octanol–water partition coefficient (Wildman–Crippen LogP) is 3.16. The number of rotatable bonds is 1. The van der Waals surface area contributed by atoms with Crippen molar-refractivity contribution in [2.24, 2.45) is 5.92 Å². The minimum atomic E-state index is -0.224. The Morgan fingerprint density at radius 3 is 2.61 bits per heavy atom. The average Bonchev–Trinajstić information content (AvgIpc) is 2.72. The lowest BCUT2D eigenvalue weighted by Gasteiger charge is -2.31. The summed E-state index contributed by atoms with van der Waals surface area (Å²) in [5.41, 5.74) is 0.991. The van der Waals surface area contributed by atoms with Crippen molar-refractivity contribution < 1.29 is 4.39 Å². The van der Waals surface area contributed by atoms with Crippen LogP contribution in [0.1, 0.15) is 32.3 Å². The number of halogens is 1. The molecule has 1 aromatic carbocycles. The van der Waals surface area contributed by atoms with Crippen LogP contribution in [0.25, 0.3) is 0 Å². The zero-order valence-corrected chi connectivity index (χ0v) is 11.2. The van der Waals surface area contributed by atoms with Crippen LogP contribution in [-0.2, 0) is 0 Å². The van der Waals surface area contributed by atoms with Gasteiger partial charge in [-0.3, -0.25) is 4.90 Å². The summed E-state index contributed by atoms with van der Waals surface area (Å²) in [6, 6.07) is 9.01. The second-order valence-electron chi connectivity index (χ2n) is 5.97. The number of benzene rings is 1. The molecule has 1 fully saturated rings. The smallest absolute Gasteiger partial charge is 0.123 e. The highest BCUT2D eigenvalue weighted by Gasteiger charge is 2.38. The van der Waals surface area contributed by atoms with Crippen LogP contribution in [-0.4, -0.2) is 23.5 Å². The highest BCUT2D eigenvalue weighted by Crippen LogP contribution is 2.35. The van der Waals surface area contributed by atoms with Gasteiger partial charge in [0.1, 0.15) is 5.82 Å². The molecule has 0 unspecified atom stereocenters. The molecule has 1 aromatic rings. The Labute approximate surface area is 108 Å². The molecule has 18 heavy (non-hydrogen) atoms. The highest BCUT2D eigenvalue weighted by molar-refractivity contribution is 5.25. The molecular weight excluding hydrogens is 227 g/mol. The molecule has 0 amide bonds. The molecule has 1 heterocycles. The van der Waals surface area contributed by atoms with E-state index >= 15 is 0 Å². The van der Waals surface area contributed by atoms with E-state index in [1.807, 2.05) is 6.07 Å². The van der Waals surface area contributed by atoms with Gasteiger partial charge in [0.05, 0.1) is 12.0 Å². The van der Waals surface area contributed by atoms with Gasteiger partial charge in [-0.15, -0.1) is 0 Å². The maximum atomic E-state index is 13.3. The average molecular weight is 246 g/mol. The lowest BCUT2D eigenvalue weighted by atomic mass is 9.90. The molecule has 2 atom stereocenters. The zero-order valence-electron chi connectivity index (χ0n) is 11.2. The van der Waals surface area contributed by atoms with Crippen LogP contribution in [0.15, 0.2) is 24.3 Å². The molecule has 96 valence electrons. The van der Waals surface area contributed by atoms with Gasteiger partial charge in [-0.1, -0.05) is 12.1 Å². The Morgan fingerprint density at radius 2 is 2.06 bits per heavy atom. The van der Waals surface area contributed by atoms with E-state index in [2.05, 4.69) is 31.7 Å². The van der Waals surface area contributed by atoms with Crippen molar-refractivity contribution in [1.29, 1.82) is 5.26 Å². The van der Waals surface area contributed by atoms with Gasteiger partial charge in [-0.05, 0) is 38.5 Å². The molecule has 2 nitrogen and oxygen atoms in total. The maximum Gasteiger partial charge on any atom is 0.123 e. The second kappa shape index (κ2) is 4.70. The van der Waals surface area contributed by atoms with E-state index < -0.39 is 0 Å². The summed E-state index contributed by atoms with van der Waals surface area (Å²) in [7, 11) is 0. The van der Waals surface area contributed by atoms with Crippen LogP contribution in [0, 0.1) is 23.1 Å². The first-order chi connectivity index (χ1) is 8.41. The van der Waals surface area contributed by atoms with Crippen molar-refractivity contribution in [3.8, 4) is 6.07 Å². The van der Waals surface area contributed by atoms with E-state index in [0.29, 0.717) is 0 Å². The van der Waals surface area contributed by atoms with Gasteiger partial charge < -0.3 is 0 Å². The van der Waals surface area contributed by atoms with E-state index in [1.165, 1.54) is 6.07 Å². The van der Waals surface area contributed by atoms with Gasteiger partial charge in [-0.2, -0.15) is 5.26 Å². The van der Waals surface area contributed by atoms with Crippen LogP contribution in [0.3, 0.4) is 0 Å².